The largest absolute Gasteiger partial charge is 0.493 e. The number of fused-ring (bicyclic) bond motifs is 3. The number of ether oxygens (including phenoxy) is 2. The molecule has 5 rings (SSSR count). The number of methoxy groups -OCH3 is 2. The number of hydrogen-bond acceptors (Lipinski definition) is 5. The van der Waals surface area contributed by atoms with Crippen LogP contribution in [-0.2, 0) is 32.4 Å². The highest BCUT2D eigenvalue weighted by atomic mass is 35.5. The maximum absolute atomic E-state index is 13.7. The summed E-state index contributed by atoms with van der Waals surface area (Å²) in [5, 5.41) is 1.36. The van der Waals surface area contributed by atoms with Gasteiger partial charge >= 0.3 is 5.69 Å². The van der Waals surface area contributed by atoms with Crippen molar-refractivity contribution in [2.45, 2.75) is 45.2 Å². The zero-order valence-electron chi connectivity index (χ0n) is 19.8. The molecule has 35 heavy (non-hydrogen) atoms. The average molecular weight is 511 g/mol. The van der Waals surface area contributed by atoms with Crippen LogP contribution in [0.1, 0.15) is 34.4 Å². The number of nitrogens with zero attached hydrogens (tertiary/aromatic N) is 2. The first-order chi connectivity index (χ1) is 17.0. The van der Waals surface area contributed by atoms with E-state index in [2.05, 4.69) is 0 Å². The highest BCUT2D eigenvalue weighted by Gasteiger charge is 2.23. The van der Waals surface area contributed by atoms with Crippen molar-refractivity contribution in [3.05, 3.63) is 89.9 Å². The molecule has 6 nitrogen and oxygen atoms in total. The third-order valence-electron chi connectivity index (χ3n) is 6.64. The molecule has 0 amide bonds. The van der Waals surface area contributed by atoms with Gasteiger partial charge in [-0.1, -0.05) is 29.8 Å². The lowest BCUT2D eigenvalue weighted by atomic mass is 9.97. The minimum absolute atomic E-state index is 0.183. The summed E-state index contributed by atoms with van der Waals surface area (Å²) in [5.41, 5.74) is 2.60. The summed E-state index contributed by atoms with van der Waals surface area (Å²) in [7, 11) is 3.19. The third kappa shape index (κ3) is 4.50. The van der Waals surface area contributed by atoms with Crippen molar-refractivity contribution in [1.82, 2.24) is 9.13 Å². The van der Waals surface area contributed by atoms with Crippen LogP contribution in [0.2, 0.25) is 5.02 Å². The molecule has 2 heterocycles. The molecule has 0 bridgehead atoms. The third-order valence-corrected chi connectivity index (χ3v) is 8.21. The van der Waals surface area contributed by atoms with Crippen LogP contribution in [0.3, 0.4) is 0 Å². The quantitative estimate of drug-likeness (QED) is 0.348. The molecule has 0 saturated heterocycles. The van der Waals surface area contributed by atoms with Crippen molar-refractivity contribution >= 4 is 33.2 Å². The van der Waals surface area contributed by atoms with E-state index in [1.165, 1.54) is 9.44 Å². The normalized spacial score (nSPS) is 13.1. The molecular formula is C27H27ClN2O4S. The number of benzene rings is 2. The smallest absolute Gasteiger partial charge is 0.332 e. The van der Waals surface area contributed by atoms with Gasteiger partial charge in [-0.3, -0.25) is 13.9 Å². The SMILES string of the molecule is COc1ccc(CCn2c(=O)c3c4c(sc3n(Cc3ccc(Cl)cc3)c2=O)CCCC4)cc1OC. The van der Waals surface area contributed by atoms with Crippen LogP contribution in [-0.4, -0.2) is 23.4 Å². The Bertz CT molecular complexity index is 1500. The van der Waals surface area contributed by atoms with E-state index in [4.69, 9.17) is 21.1 Å². The van der Waals surface area contributed by atoms with Crippen LogP contribution in [0.4, 0.5) is 0 Å². The summed E-state index contributed by atoms with van der Waals surface area (Å²) >= 11 is 7.67. The first-order valence-corrected chi connectivity index (χ1v) is 12.9. The number of hydrogen-bond donors (Lipinski definition) is 0. The van der Waals surface area contributed by atoms with Gasteiger partial charge in [0, 0.05) is 16.4 Å². The van der Waals surface area contributed by atoms with E-state index in [1.807, 2.05) is 42.5 Å². The van der Waals surface area contributed by atoms with Gasteiger partial charge in [0.2, 0.25) is 0 Å². The van der Waals surface area contributed by atoms with E-state index in [-0.39, 0.29) is 17.8 Å². The number of aryl methyl sites for hydroxylation is 3. The molecule has 2 aromatic carbocycles. The van der Waals surface area contributed by atoms with Gasteiger partial charge in [-0.05, 0) is 73.1 Å². The van der Waals surface area contributed by atoms with Crippen LogP contribution < -0.4 is 20.7 Å². The van der Waals surface area contributed by atoms with E-state index < -0.39 is 0 Å². The van der Waals surface area contributed by atoms with E-state index in [9.17, 15) is 9.59 Å². The molecule has 0 unspecified atom stereocenters. The van der Waals surface area contributed by atoms with Crippen LogP contribution in [0.25, 0.3) is 10.2 Å². The maximum Gasteiger partial charge on any atom is 0.332 e. The average Bonchev–Trinajstić information content (AvgIpc) is 3.27. The second-order valence-electron chi connectivity index (χ2n) is 8.78. The molecule has 0 atom stereocenters. The molecule has 1 aliphatic rings. The molecule has 2 aromatic heterocycles. The number of rotatable bonds is 7. The summed E-state index contributed by atoms with van der Waals surface area (Å²) in [6, 6.07) is 13.2. The highest BCUT2D eigenvalue weighted by molar-refractivity contribution is 7.18. The predicted molar refractivity (Wildman–Crippen MR) is 141 cm³/mol. The van der Waals surface area contributed by atoms with Gasteiger partial charge in [0.15, 0.2) is 11.5 Å². The summed E-state index contributed by atoms with van der Waals surface area (Å²) in [5.74, 6) is 1.27. The van der Waals surface area contributed by atoms with Crippen LogP contribution >= 0.6 is 22.9 Å². The monoisotopic (exact) mass is 510 g/mol. The first-order valence-electron chi connectivity index (χ1n) is 11.7. The van der Waals surface area contributed by atoms with Crippen molar-refractivity contribution < 1.29 is 9.47 Å². The van der Waals surface area contributed by atoms with Gasteiger partial charge < -0.3 is 9.47 Å². The Balaban J connectivity index is 1.60. The number of thiophene rings is 1. The fourth-order valence-electron chi connectivity index (χ4n) is 4.80. The Hall–Kier alpha value is -3.03. The van der Waals surface area contributed by atoms with E-state index in [0.717, 1.165) is 47.2 Å². The molecule has 1 aliphatic carbocycles. The summed E-state index contributed by atoms with van der Waals surface area (Å²) in [6.07, 6.45) is 4.57. The van der Waals surface area contributed by atoms with E-state index in [0.29, 0.717) is 34.9 Å². The molecule has 0 N–H and O–H groups in total. The molecule has 0 saturated carbocycles. The molecule has 0 aliphatic heterocycles. The van der Waals surface area contributed by atoms with Gasteiger partial charge in [0.05, 0.1) is 26.2 Å². The molecule has 182 valence electrons. The van der Waals surface area contributed by atoms with Crippen molar-refractivity contribution in [2.75, 3.05) is 14.2 Å². The van der Waals surface area contributed by atoms with Gasteiger partial charge in [0.25, 0.3) is 5.56 Å². The lowest BCUT2D eigenvalue weighted by molar-refractivity contribution is 0.354. The lowest BCUT2D eigenvalue weighted by Gasteiger charge is -2.14. The fourth-order valence-corrected chi connectivity index (χ4v) is 6.30. The predicted octanol–water partition coefficient (Wildman–Crippen LogP) is 5.07. The summed E-state index contributed by atoms with van der Waals surface area (Å²) in [6.45, 7) is 0.677. The topological polar surface area (TPSA) is 62.5 Å². The van der Waals surface area contributed by atoms with Crippen molar-refractivity contribution in [3.8, 4) is 11.5 Å². The molecule has 4 aromatic rings. The molecule has 8 heteroatoms. The van der Waals surface area contributed by atoms with Crippen molar-refractivity contribution in [1.29, 1.82) is 0 Å². The molecule has 0 spiro atoms. The first kappa shape index (κ1) is 23.7. The second-order valence-corrected chi connectivity index (χ2v) is 10.3. The van der Waals surface area contributed by atoms with Gasteiger partial charge in [-0.2, -0.15) is 0 Å². The molecule has 0 radical (unpaired) electrons. The minimum atomic E-state index is -0.281. The maximum atomic E-state index is 13.7. The molecule has 0 fully saturated rings. The molecular weight excluding hydrogens is 484 g/mol. The van der Waals surface area contributed by atoms with Gasteiger partial charge in [-0.15, -0.1) is 11.3 Å². The van der Waals surface area contributed by atoms with E-state index >= 15 is 0 Å². The Morgan fingerprint density at radius 3 is 2.37 bits per heavy atom. The summed E-state index contributed by atoms with van der Waals surface area (Å²) < 4.78 is 13.9. The zero-order chi connectivity index (χ0) is 24.5. The Kier molecular flexibility index (Phi) is 6.71. The van der Waals surface area contributed by atoms with Gasteiger partial charge in [-0.25, -0.2) is 4.79 Å². The van der Waals surface area contributed by atoms with Gasteiger partial charge in [0.1, 0.15) is 4.83 Å². The minimum Gasteiger partial charge on any atom is -0.493 e. The Labute approximate surface area is 212 Å². The van der Waals surface area contributed by atoms with Crippen LogP contribution in [0.15, 0.2) is 52.1 Å². The van der Waals surface area contributed by atoms with Crippen LogP contribution in [0, 0.1) is 0 Å². The zero-order valence-corrected chi connectivity index (χ0v) is 21.4. The van der Waals surface area contributed by atoms with Crippen molar-refractivity contribution in [2.24, 2.45) is 0 Å². The van der Waals surface area contributed by atoms with E-state index in [1.54, 1.807) is 30.1 Å². The Morgan fingerprint density at radius 1 is 0.914 bits per heavy atom. The Morgan fingerprint density at radius 2 is 1.63 bits per heavy atom. The second kappa shape index (κ2) is 9.91. The van der Waals surface area contributed by atoms with Crippen LogP contribution in [0.5, 0.6) is 11.5 Å². The lowest BCUT2D eigenvalue weighted by Crippen LogP contribution is -2.40. The van der Waals surface area contributed by atoms with Crippen molar-refractivity contribution in [3.63, 3.8) is 0 Å². The fraction of sp³-hybridized carbons (Fsp3) is 0.333. The standard InChI is InChI=1S/C27H27ClN2O4S/c1-33-21-12-9-17(15-22(21)34-2)13-14-29-25(31)24-20-5-3-4-6-23(20)35-26(24)30(27(29)32)16-18-7-10-19(28)11-8-18/h7-12,15H,3-6,13-14,16H2,1-2H3. The number of aromatic nitrogens is 2. The summed E-state index contributed by atoms with van der Waals surface area (Å²) in [4.78, 5) is 29.4. The number of halogens is 1. The highest BCUT2D eigenvalue weighted by Crippen LogP contribution is 2.34.